The Kier molecular flexibility index (Phi) is 14.1. The fraction of sp³-hybridized carbons (Fsp3) is 0.471. The third kappa shape index (κ3) is 14.5. The van der Waals surface area contributed by atoms with Crippen LogP contribution < -0.4 is 21.7 Å². The van der Waals surface area contributed by atoms with Gasteiger partial charge in [-0.2, -0.15) is 0 Å². The molecule has 136 valence electrons. The topological polar surface area (TPSA) is 113 Å². The summed E-state index contributed by atoms with van der Waals surface area (Å²) in [5.41, 5.74) is 7.50. The molecule has 0 rings (SSSR count). The van der Waals surface area contributed by atoms with Crippen molar-refractivity contribution >= 4 is 17.7 Å². The molecule has 0 aliphatic heterocycles. The number of allylic oxidation sites excluding steroid dienone is 4. The van der Waals surface area contributed by atoms with E-state index in [-0.39, 0.29) is 25.5 Å². The van der Waals surface area contributed by atoms with Gasteiger partial charge in [0, 0.05) is 5.70 Å². The molecule has 0 radical (unpaired) electrons. The normalized spacial score (nSPS) is 9.83. The van der Waals surface area contributed by atoms with Crippen molar-refractivity contribution in [2.24, 2.45) is 5.73 Å². The van der Waals surface area contributed by atoms with E-state index in [1.165, 1.54) is 0 Å². The molecule has 0 fully saturated rings. The van der Waals surface area contributed by atoms with Crippen LogP contribution in [0.1, 0.15) is 34.6 Å². The minimum absolute atomic E-state index is 0.189. The molecule has 0 bridgehead atoms. The average molecular weight is 338 g/mol. The summed E-state index contributed by atoms with van der Waals surface area (Å²) in [7, 11) is 0. The van der Waals surface area contributed by atoms with Crippen LogP contribution in [0.3, 0.4) is 0 Å². The van der Waals surface area contributed by atoms with Crippen molar-refractivity contribution in [1.29, 1.82) is 0 Å². The Labute approximate surface area is 144 Å². The summed E-state index contributed by atoms with van der Waals surface area (Å²) in [5.74, 6) is -1.28. The van der Waals surface area contributed by atoms with Crippen LogP contribution in [0.4, 0.5) is 0 Å². The highest BCUT2D eigenvalue weighted by Gasteiger charge is 2.07. The lowest BCUT2D eigenvalue weighted by molar-refractivity contribution is -0.127. The third-order valence-electron chi connectivity index (χ3n) is 2.21. The zero-order chi connectivity index (χ0) is 19.1. The van der Waals surface area contributed by atoms with Crippen LogP contribution in [-0.2, 0) is 14.4 Å². The van der Waals surface area contributed by atoms with Crippen molar-refractivity contribution in [3.63, 3.8) is 0 Å². The van der Waals surface area contributed by atoms with Crippen LogP contribution in [0.5, 0.6) is 0 Å². The van der Waals surface area contributed by atoms with Gasteiger partial charge in [0.05, 0.1) is 19.6 Å². The van der Waals surface area contributed by atoms with Crippen LogP contribution in [-0.4, -0.2) is 37.4 Å². The van der Waals surface area contributed by atoms with E-state index in [0.717, 1.165) is 11.1 Å². The smallest absolute Gasteiger partial charge is 0.243 e. The van der Waals surface area contributed by atoms with Gasteiger partial charge in [0.2, 0.25) is 17.7 Å². The van der Waals surface area contributed by atoms with E-state index in [9.17, 15) is 14.4 Å². The van der Waals surface area contributed by atoms with Crippen molar-refractivity contribution in [3.05, 3.63) is 35.6 Å². The highest BCUT2D eigenvalue weighted by Crippen LogP contribution is 2.02. The van der Waals surface area contributed by atoms with E-state index < -0.39 is 11.8 Å². The Bertz CT molecular complexity index is 504. The highest BCUT2D eigenvalue weighted by molar-refractivity contribution is 5.89. The van der Waals surface area contributed by atoms with Gasteiger partial charge < -0.3 is 21.7 Å². The zero-order valence-corrected chi connectivity index (χ0v) is 15.3. The molecule has 0 spiro atoms. The molecule has 0 aromatic heterocycles. The number of hydrogen-bond donors (Lipinski definition) is 4. The summed E-state index contributed by atoms with van der Waals surface area (Å²) >= 11 is 0. The lowest BCUT2D eigenvalue weighted by atomic mass is 10.2. The Morgan fingerprint density at radius 2 is 1.42 bits per heavy atom. The Balaban J connectivity index is 0. The van der Waals surface area contributed by atoms with Gasteiger partial charge in [-0.05, 0) is 32.9 Å². The van der Waals surface area contributed by atoms with E-state index in [4.69, 9.17) is 5.73 Å². The van der Waals surface area contributed by atoms with Crippen molar-refractivity contribution in [1.82, 2.24) is 16.0 Å². The molecule has 0 saturated heterocycles. The maximum Gasteiger partial charge on any atom is 0.243 e. The summed E-state index contributed by atoms with van der Waals surface area (Å²) < 4.78 is 0. The van der Waals surface area contributed by atoms with Gasteiger partial charge >= 0.3 is 0 Å². The van der Waals surface area contributed by atoms with Gasteiger partial charge in [-0.15, -0.1) is 0 Å². The van der Waals surface area contributed by atoms with Gasteiger partial charge in [-0.3, -0.25) is 14.4 Å². The van der Waals surface area contributed by atoms with E-state index in [1.807, 2.05) is 34.6 Å². The van der Waals surface area contributed by atoms with Crippen molar-refractivity contribution in [2.45, 2.75) is 34.6 Å². The summed E-state index contributed by atoms with van der Waals surface area (Å²) in [5, 5.41) is 7.38. The molecule has 24 heavy (non-hydrogen) atoms. The number of rotatable bonds is 8. The molecule has 0 aromatic rings. The number of nitrogens with two attached hydrogens (primary N) is 1. The molecule has 5 N–H and O–H groups in total. The van der Waals surface area contributed by atoms with Crippen LogP contribution >= 0.6 is 0 Å². The Morgan fingerprint density at radius 1 is 0.917 bits per heavy atom. The molecule has 0 aliphatic carbocycles. The highest BCUT2D eigenvalue weighted by atomic mass is 16.2. The first kappa shape index (κ1) is 23.9. The monoisotopic (exact) mass is 338 g/mol. The van der Waals surface area contributed by atoms with Crippen molar-refractivity contribution < 1.29 is 14.4 Å². The minimum Gasteiger partial charge on any atom is -0.346 e. The number of carbonyl (C=O) groups excluding carboxylic acids is 3. The van der Waals surface area contributed by atoms with E-state index >= 15 is 0 Å². The number of amides is 3. The predicted molar refractivity (Wildman–Crippen MR) is 96.9 cm³/mol. The van der Waals surface area contributed by atoms with E-state index in [2.05, 4.69) is 22.5 Å². The molecule has 3 amide bonds. The number of carbonyl (C=O) groups is 3. The summed E-state index contributed by atoms with van der Waals surface area (Å²) in [6.07, 6.45) is 3.53. The largest absolute Gasteiger partial charge is 0.346 e. The molecular weight excluding hydrogens is 308 g/mol. The van der Waals surface area contributed by atoms with Crippen LogP contribution in [0, 0.1) is 0 Å². The Hall–Kier alpha value is -2.41. The minimum atomic E-state index is -0.468. The lowest BCUT2D eigenvalue weighted by Gasteiger charge is -2.09. The molecule has 0 aromatic carbocycles. The molecule has 0 unspecified atom stereocenters. The fourth-order valence-corrected chi connectivity index (χ4v) is 1.39. The number of nitrogens with one attached hydrogen (secondary N) is 3. The third-order valence-corrected chi connectivity index (χ3v) is 2.21. The second-order valence-corrected chi connectivity index (χ2v) is 4.97. The van der Waals surface area contributed by atoms with Crippen molar-refractivity contribution in [3.8, 4) is 0 Å². The number of hydrogen-bond acceptors (Lipinski definition) is 4. The van der Waals surface area contributed by atoms with Crippen LogP contribution in [0.2, 0.25) is 0 Å². The van der Waals surface area contributed by atoms with E-state index in [1.54, 1.807) is 12.2 Å². The summed E-state index contributed by atoms with van der Waals surface area (Å²) in [6, 6.07) is 0. The summed E-state index contributed by atoms with van der Waals surface area (Å²) in [6.45, 7) is 12.8. The van der Waals surface area contributed by atoms with Gasteiger partial charge in [0.1, 0.15) is 0 Å². The molecule has 7 nitrogen and oxygen atoms in total. The maximum atomic E-state index is 11.8. The van der Waals surface area contributed by atoms with Crippen LogP contribution in [0.15, 0.2) is 35.6 Å². The molecule has 0 atom stereocenters. The Morgan fingerprint density at radius 3 is 1.88 bits per heavy atom. The lowest BCUT2D eigenvalue weighted by Crippen LogP contribution is -2.42. The average Bonchev–Trinajstić information content (AvgIpc) is 2.51. The first-order valence-corrected chi connectivity index (χ1v) is 7.80. The van der Waals surface area contributed by atoms with Crippen LogP contribution in [0.25, 0.3) is 0 Å². The first-order valence-electron chi connectivity index (χ1n) is 7.80. The molecule has 0 saturated carbocycles. The summed E-state index contributed by atoms with van der Waals surface area (Å²) in [4.78, 5) is 34.1. The maximum absolute atomic E-state index is 11.8. The van der Waals surface area contributed by atoms with E-state index in [0.29, 0.717) is 5.70 Å². The van der Waals surface area contributed by atoms with Gasteiger partial charge in [-0.25, -0.2) is 0 Å². The molecule has 0 aliphatic rings. The van der Waals surface area contributed by atoms with Crippen molar-refractivity contribution in [2.75, 3.05) is 19.6 Å². The SMILES string of the molecule is C=C(C)/C=C(\C=C(C)C)NC(=O)CNC(=O)CNC(=O)CN.CC. The molecule has 0 heterocycles. The fourth-order valence-electron chi connectivity index (χ4n) is 1.39. The van der Waals surface area contributed by atoms with Gasteiger partial charge in [0.25, 0.3) is 0 Å². The van der Waals surface area contributed by atoms with Gasteiger partial charge in [0.15, 0.2) is 0 Å². The zero-order valence-electron chi connectivity index (χ0n) is 15.3. The molecule has 7 heteroatoms. The standard InChI is InChI=1S/C15H24N4O3.C2H6/c1-10(2)5-12(6-11(3)4)19-15(22)9-18-14(21)8-17-13(20)7-16;1-2/h5-6H,1,7-9,16H2,2-4H3,(H,17,20)(H,18,21)(H,19,22);1-2H3/b12-5+;. The quantitative estimate of drug-likeness (QED) is 0.489. The first-order chi connectivity index (χ1) is 11.2. The van der Waals surface area contributed by atoms with Gasteiger partial charge in [-0.1, -0.05) is 31.6 Å². The predicted octanol–water partition coefficient (Wildman–Crippen LogP) is 0.746. The second kappa shape index (κ2) is 14.2. The second-order valence-electron chi connectivity index (χ2n) is 4.97. The molecular formula is C17H30N4O3.